The van der Waals surface area contributed by atoms with Crippen LogP contribution in [0.5, 0.6) is 0 Å². The highest BCUT2D eigenvalue weighted by Crippen LogP contribution is 2.34. The minimum Gasteiger partial charge on any atom is -0.316 e. The highest BCUT2D eigenvalue weighted by molar-refractivity contribution is 5.85. The van der Waals surface area contributed by atoms with Gasteiger partial charge in [0.15, 0.2) is 0 Å². The molecule has 2 heterocycles. The highest BCUT2D eigenvalue weighted by Gasteiger charge is 2.36. The standard InChI is InChI=1S/C9H18N2.2ClH/c1-11-6-2-3-9(8-11)4-5-10-7-9;;/h10H,2-8H2,1H3;2*1H. The largest absolute Gasteiger partial charge is 0.316 e. The fourth-order valence-corrected chi connectivity index (χ4v) is 2.60. The summed E-state index contributed by atoms with van der Waals surface area (Å²) in [5.41, 5.74) is 0.660. The second-order valence-corrected chi connectivity index (χ2v) is 4.27. The van der Waals surface area contributed by atoms with Crippen molar-refractivity contribution in [3.05, 3.63) is 0 Å². The molecule has 2 aliphatic heterocycles. The first-order valence-corrected chi connectivity index (χ1v) is 4.70. The Kier molecular flexibility index (Phi) is 5.61. The fourth-order valence-electron chi connectivity index (χ4n) is 2.60. The summed E-state index contributed by atoms with van der Waals surface area (Å²) in [5, 5.41) is 3.48. The van der Waals surface area contributed by atoms with Crippen molar-refractivity contribution < 1.29 is 0 Å². The zero-order valence-corrected chi connectivity index (χ0v) is 9.85. The molecule has 1 atom stereocenters. The highest BCUT2D eigenvalue weighted by atomic mass is 35.5. The fraction of sp³-hybridized carbons (Fsp3) is 1.00. The Morgan fingerprint density at radius 2 is 2.00 bits per heavy atom. The molecule has 0 saturated carbocycles. The molecule has 2 fully saturated rings. The Morgan fingerprint density at radius 1 is 1.23 bits per heavy atom. The van der Waals surface area contributed by atoms with Crippen molar-refractivity contribution in [1.82, 2.24) is 10.2 Å². The van der Waals surface area contributed by atoms with E-state index in [4.69, 9.17) is 0 Å². The molecule has 1 unspecified atom stereocenters. The maximum atomic E-state index is 3.48. The Bertz CT molecular complexity index is 147. The molecule has 4 heteroatoms. The van der Waals surface area contributed by atoms with Crippen LogP contribution in [0.4, 0.5) is 0 Å². The molecule has 0 aromatic carbocycles. The summed E-state index contributed by atoms with van der Waals surface area (Å²) < 4.78 is 0. The molecule has 0 aliphatic carbocycles. The van der Waals surface area contributed by atoms with Crippen molar-refractivity contribution in [3.63, 3.8) is 0 Å². The summed E-state index contributed by atoms with van der Waals surface area (Å²) in [6.07, 6.45) is 4.25. The number of hydrogen-bond donors (Lipinski definition) is 1. The van der Waals surface area contributed by atoms with Crippen molar-refractivity contribution in [2.45, 2.75) is 19.3 Å². The van der Waals surface area contributed by atoms with Gasteiger partial charge in [-0.05, 0) is 44.8 Å². The Labute approximate surface area is 93.3 Å². The van der Waals surface area contributed by atoms with Crippen molar-refractivity contribution in [2.75, 3.05) is 33.2 Å². The van der Waals surface area contributed by atoms with E-state index in [1.807, 2.05) is 0 Å². The van der Waals surface area contributed by atoms with Crippen LogP contribution in [-0.2, 0) is 0 Å². The lowest BCUT2D eigenvalue weighted by Gasteiger charge is -2.38. The van der Waals surface area contributed by atoms with Gasteiger partial charge in [-0.1, -0.05) is 0 Å². The van der Waals surface area contributed by atoms with E-state index in [9.17, 15) is 0 Å². The molecule has 0 amide bonds. The normalized spacial score (nSPS) is 33.9. The maximum Gasteiger partial charge on any atom is 0.00476 e. The van der Waals surface area contributed by atoms with Gasteiger partial charge >= 0.3 is 0 Å². The summed E-state index contributed by atoms with van der Waals surface area (Å²) in [5.74, 6) is 0. The topological polar surface area (TPSA) is 15.3 Å². The molecule has 2 rings (SSSR count). The van der Waals surface area contributed by atoms with Gasteiger partial charge < -0.3 is 10.2 Å². The Hall–Kier alpha value is 0.500. The quantitative estimate of drug-likeness (QED) is 0.675. The second kappa shape index (κ2) is 5.40. The van der Waals surface area contributed by atoms with Crippen LogP contribution in [0.25, 0.3) is 0 Å². The van der Waals surface area contributed by atoms with Gasteiger partial charge in [-0.15, -0.1) is 24.8 Å². The molecule has 13 heavy (non-hydrogen) atoms. The van der Waals surface area contributed by atoms with Crippen molar-refractivity contribution >= 4 is 24.8 Å². The van der Waals surface area contributed by atoms with Gasteiger partial charge in [-0.2, -0.15) is 0 Å². The summed E-state index contributed by atoms with van der Waals surface area (Å²) >= 11 is 0. The lowest BCUT2D eigenvalue weighted by atomic mass is 9.79. The van der Waals surface area contributed by atoms with Gasteiger partial charge in [0.2, 0.25) is 0 Å². The molecular formula is C9H20Cl2N2. The van der Waals surface area contributed by atoms with Crippen molar-refractivity contribution in [2.24, 2.45) is 5.41 Å². The first-order valence-electron chi connectivity index (χ1n) is 4.70. The smallest absolute Gasteiger partial charge is 0.00476 e. The minimum absolute atomic E-state index is 0. The second-order valence-electron chi connectivity index (χ2n) is 4.27. The van der Waals surface area contributed by atoms with Gasteiger partial charge in [0, 0.05) is 13.1 Å². The molecule has 0 bridgehead atoms. The summed E-state index contributed by atoms with van der Waals surface area (Å²) in [6.45, 7) is 5.13. The lowest BCUT2D eigenvalue weighted by molar-refractivity contribution is 0.126. The van der Waals surface area contributed by atoms with E-state index in [0.717, 1.165) is 0 Å². The van der Waals surface area contributed by atoms with E-state index in [1.54, 1.807) is 0 Å². The predicted molar refractivity (Wildman–Crippen MR) is 61.1 cm³/mol. The number of hydrogen-bond acceptors (Lipinski definition) is 2. The van der Waals surface area contributed by atoms with Crippen LogP contribution in [0, 0.1) is 5.41 Å². The number of halogens is 2. The van der Waals surface area contributed by atoms with Crippen LogP contribution in [0.2, 0.25) is 0 Å². The lowest BCUT2D eigenvalue weighted by Crippen LogP contribution is -2.42. The SMILES string of the molecule is CN1CCCC2(CCNC2)C1.Cl.Cl. The van der Waals surface area contributed by atoms with Crippen LogP contribution in [-0.4, -0.2) is 38.1 Å². The molecule has 2 saturated heterocycles. The van der Waals surface area contributed by atoms with Crippen LogP contribution in [0.1, 0.15) is 19.3 Å². The van der Waals surface area contributed by atoms with Gasteiger partial charge in [0.1, 0.15) is 0 Å². The van der Waals surface area contributed by atoms with Crippen molar-refractivity contribution in [3.8, 4) is 0 Å². The summed E-state index contributed by atoms with van der Waals surface area (Å²) in [7, 11) is 2.25. The molecule has 0 aromatic heterocycles. The molecular weight excluding hydrogens is 207 g/mol. The third kappa shape index (κ3) is 2.98. The van der Waals surface area contributed by atoms with Crippen LogP contribution in [0.3, 0.4) is 0 Å². The summed E-state index contributed by atoms with van der Waals surface area (Å²) in [4.78, 5) is 2.48. The van der Waals surface area contributed by atoms with Gasteiger partial charge in [0.25, 0.3) is 0 Å². The molecule has 0 aromatic rings. The van der Waals surface area contributed by atoms with E-state index >= 15 is 0 Å². The monoisotopic (exact) mass is 226 g/mol. The predicted octanol–water partition coefficient (Wildman–Crippen LogP) is 1.54. The van der Waals surface area contributed by atoms with E-state index in [2.05, 4.69) is 17.3 Å². The maximum absolute atomic E-state index is 3.48. The van der Waals surface area contributed by atoms with Gasteiger partial charge in [-0.3, -0.25) is 0 Å². The summed E-state index contributed by atoms with van der Waals surface area (Å²) in [6, 6.07) is 0. The van der Waals surface area contributed by atoms with E-state index in [-0.39, 0.29) is 24.8 Å². The average Bonchev–Trinajstić information content (AvgIpc) is 2.37. The third-order valence-corrected chi connectivity index (χ3v) is 3.18. The first-order chi connectivity index (χ1) is 5.31. The molecule has 1 spiro atoms. The molecule has 2 aliphatic rings. The Morgan fingerprint density at radius 3 is 2.54 bits per heavy atom. The number of nitrogens with one attached hydrogen (secondary N) is 1. The van der Waals surface area contributed by atoms with Crippen molar-refractivity contribution in [1.29, 1.82) is 0 Å². The van der Waals surface area contributed by atoms with Crippen LogP contribution < -0.4 is 5.32 Å². The molecule has 2 nitrogen and oxygen atoms in total. The zero-order valence-electron chi connectivity index (χ0n) is 8.21. The first kappa shape index (κ1) is 13.5. The Balaban J connectivity index is 0.000000720. The number of rotatable bonds is 0. The van der Waals surface area contributed by atoms with Crippen LogP contribution in [0.15, 0.2) is 0 Å². The number of piperidine rings is 1. The third-order valence-electron chi connectivity index (χ3n) is 3.18. The van der Waals surface area contributed by atoms with E-state index < -0.39 is 0 Å². The number of likely N-dealkylation sites (tertiary alicyclic amines) is 1. The minimum atomic E-state index is 0. The van der Waals surface area contributed by atoms with E-state index in [0.29, 0.717) is 5.41 Å². The molecule has 80 valence electrons. The zero-order chi connectivity index (χ0) is 7.73. The van der Waals surface area contributed by atoms with Gasteiger partial charge in [0.05, 0.1) is 0 Å². The van der Waals surface area contributed by atoms with Crippen LogP contribution >= 0.6 is 24.8 Å². The van der Waals surface area contributed by atoms with Gasteiger partial charge in [-0.25, -0.2) is 0 Å². The van der Waals surface area contributed by atoms with E-state index in [1.165, 1.54) is 45.4 Å². The molecule has 1 N–H and O–H groups in total. The number of nitrogens with zero attached hydrogens (tertiary/aromatic N) is 1. The molecule has 0 radical (unpaired) electrons. The average molecular weight is 227 g/mol.